The highest BCUT2D eigenvalue weighted by Gasteiger charge is 2.30. The van der Waals surface area contributed by atoms with E-state index in [4.69, 9.17) is 10.5 Å². The van der Waals surface area contributed by atoms with Gasteiger partial charge in [-0.25, -0.2) is 13.6 Å². The largest absolute Gasteiger partial charge is 0.492 e. The second-order valence-electron chi connectivity index (χ2n) is 8.47. The number of benzene rings is 2. The first-order valence-electron chi connectivity index (χ1n) is 11.0. The van der Waals surface area contributed by atoms with E-state index in [1.807, 2.05) is 0 Å². The number of aryl methyl sites for hydroxylation is 1. The molecule has 4 rings (SSSR count). The number of aliphatic hydroxyl groups excluding tert-OH is 1. The van der Waals surface area contributed by atoms with E-state index in [0.29, 0.717) is 46.0 Å². The van der Waals surface area contributed by atoms with Crippen LogP contribution in [0.5, 0.6) is 5.88 Å². The Hall–Kier alpha value is -3.52. The molecule has 11 nitrogen and oxygen atoms in total. The molecule has 3 aromatic rings. The van der Waals surface area contributed by atoms with Crippen LogP contribution in [0.25, 0.3) is 0 Å². The summed E-state index contributed by atoms with van der Waals surface area (Å²) < 4.78 is 27.8. The molecule has 13 heteroatoms. The fraction of sp³-hybridized carbons (Fsp3) is 0.261. The maximum Gasteiger partial charge on any atom is 0.258 e. The van der Waals surface area contributed by atoms with Crippen molar-refractivity contribution >= 4 is 49.7 Å². The Balaban J connectivity index is 1.57. The molecule has 1 atom stereocenters. The number of nitrogens with two attached hydrogens (primary N) is 1. The fourth-order valence-electron chi connectivity index (χ4n) is 4.09. The van der Waals surface area contributed by atoms with Crippen LogP contribution in [0.3, 0.4) is 0 Å². The number of primary sulfonamides is 1. The lowest BCUT2D eigenvalue weighted by Crippen LogP contribution is -2.35. The molecule has 1 unspecified atom stereocenters. The van der Waals surface area contributed by atoms with Crippen molar-refractivity contribution in [2.24, 2.45) is 5.14 Å². The third kappa shape index (κ3) is 4.91. The highest BCUT2D eigenvalue weighted by atomic mass is 32.2. The van der Waals surface area contributed by atoms with E-state index in [0.717, 1.165) is 11.5 Å². The Morgan fingerprint density at radius 3 is 2.75 bits per heavy atom. The molecule has 1 amide bonds. The van der Waals surface area contributed by atoms with Crippen LogP contribution in [0, 0.1) is 12.3 Å². The molecule has 1 aliphatic heterocycles. The number of aromatic nitrogens is 1. The maximum atomic E-state index is 13.4. The van der Waals surface area contributed by atoms with Crippen molar-refractivity contribution in [3.8, 4) is 5.88 Å². The van der Waals surface area contributed by atoms with Gasteiger partial charge in [-0.15, -0.1) is 0 Å². The summed E-state index contributed by atoms with van der Waals surface area (Å²) in [6.07, 6.45) is 0.388. The first-order chi connectivity index (χ1) is 17.0. The number of carbonyl (C=O) groups excluding carboxylic acids is 1. The maximum absolute atomic E-state index is 13.4. The average molecular weight is 531 g/mol. The highest BCUT2D eigenvalue weighted by Crippen LogP contribution is 2.35. The topological polar surface area (TPSA) is 182 Å². The Labute approximate surface area is 212 Å². The molecule has 0 spiro atoms. The van der Waals surface area contributed by atoms with Gasteiger partial charge in [0.2, 0.25) is 15.9 Å². The van der Waals surface area contributed by atoms with E-state index in [1.165, 1.54) is 6.07 Å². The number of nitrogens with zero attached hydrogens (tertiary/aromatic N) is 2. The van der Waals surface area contributed by atoms with Crippen molar-refractivity contribution in [3.05, 3.63) is 58.7 Å². The molecule has 1 aliphatic rings. The molecule has 0 radical (unpaired) electrons. The third-order valence-corrected chi connectivity index (χ3v) is 7.59. The van der Waals surface area contributed by atoms with Gasteiger partial charge in [0, 0.05) is 29.5 Å². The van der Waals surface area contributed by atoms with Crippen molar-refractivity contribution in [1.82, 2.24) is 9.69 Å². The predicted molar refractivity (Wildman–Crippen MR) is 138 cm³/mol. The number of hydrogen-bond acceptors (Lipinski definition) is 9. The lowest BCUT2D eigenvalue weighted by molar-refractivity contribution is 0.0989. The normalized spacial score (nSPS) is 13.8. The lowest BCUT2D eigenvalue weighted by atomic mass is 10.1. The molecule has 1 aromatic heterocycles. The molecule has 2 heterocycles. The molecule has 0 saturated heterocycles. The van der Waals surface area contributed by atoms with E-state index >= 15 is 0 Å². The van der Waals surface area contributed by atoms with Gasteiger partial charge in [0.25, 0.3) is 5.91 Å². The van der Waals surface area contributed by atoms with Crippen LogP contribution in [0.15, 0.2) is 41.3 Å². The van der Waals surface area contributed by atoms with Crippen molar-refractivity contribution in [2.75, 3.05) is 23.4 Å². The number of aromatic hydroxyl groups is 1. The zero-order chi connectivity index (χ0) is 26.2. The number of nitrogens with one attached hydrogen (secondary N) is 3. The van der Waals surface area contributed by atoms with Gasteiger partial charge in [0.05, 0.1) is 11.5 Å². The standard InChI is InChI=1S/C23H26N6O5S2/c1-12-10-14(27-22-19(21(31)28-35-22)20(24)26-13(2)11-30)6-7-15(12)23(32)29-9-8-16-17(29)4-3-5-18(16)36(25,33)34/h3-7,10,13,27,30H,8-9,11H2,1-2H3,(H2,24,26)(H,28,31)(H2,25,33,34). The molecule has 0 aliphatic carbocycles. The van der Waals surface area contributed by atoms with Crippen molar-refractivity contribution in [3.63, 3.8) is 0 Å². The van der Waals surface area contributed by atoms with E-state index in [9.17, 15) is 23.4 Å². The number of fused-ring (bicyclic) bond motifs is 1. The number of hydrogen-bond donors (Lipinski definition) is 6. The summed E-state index contributed by atoms with van der Waals surface area (Å²) in [5, 5.41) is 39.3. The summed E-state index contributed by atoms with van der Waals surface area (Å²) in [6.45, 7) is 3.65. The second kappa shape index (κ2) is 9.85. The second-order valence-corrected chi connectivity index (χ2v) is 10.8. The van der Waals surface area contributed by atoms with Crippen LogP contribution in [-0.2, 0) is 16.4 Å². The molecule has 7 N–H and O–H groups in total. The summed E-state index contributed by atoms with van der Waals surface area (Å²) in [6, 6.07) is 9.47. The van der Waals surface area contributed by atoms with Crippen LogP contribution < -0.4 is 20.7 Å². The summed E-state index contributed by atoms with van der Waals surface area (Å²) in [5.41, 5.74) is 2.99. The van der Waals surface area contributed by atoms with Crippen LogP contribution in [-0.4, -0.2) is 53.9 Å². The molecule has 190 valence electrons. The Kier molecular flexibility index (Phi) is 7.00. The zero-order valence-corrected chi connectivity index (χ0v) is 21.2. The highest BCUT2D eigenvalue weighted by molar-refractivity contribution is 7.89. The quantitative estimate of drug-likeness (QED) is 0.198. The molecule has 36 heavy (non-hydrogen) atoms. The van der Waals surface area contributed by atoms with Crippen LogP contribution >= 0.6 is 11.5 Å². The Bertz CT molecular complexity index is 1450. The van der Waals surface area contributed by atoms with Crippen molar-refractivity contribution in [2.45, 2.75) is 31.2 Å². The smallest absolute Gasteiger partial charge is 0.258 e. The minimum Gasteiger partial charge on any atom is -0.492 e. The van der Waals surface area contributed by atoms with Gasteiger partial charge in [0.1, 0.15) is 16.4 Å². The fourth-order valence-corrected chi connectivity index (χ4v) is 5.63. The molecule has 2 aromatic carbocycles. The van der Waals surface area contributed by atoms with E-state index in [2.05, 4.69) is 15.0 Å². The number of carbonyl (C=O) groups is 1. The Morgan fingerprint density at radius 2 is 2.08 bits per heavy atom. The SMILES string of the molecule is Cc1cc(Nc2snc(O)c2C(=N)NC(C)CO)ccc1C(=O)N1CCc2c1cccc2S(N)(=O)=O. The number of aliphatic hydroxyl groups is 1. The summed E-state index contributed by atoms with van der Waals surface area (Å²) in [4.78, 5) is 14.9. The monoisotopic (exact) mass is 530 g/mol. The summed E-state index contributed by atoms with van der Waals surface area (Å²) in [7, 11) is -3.90. The predicted octanol–water partition coefficient (Wildman–Crippen LogP) is 2.05. The van der Waals surface area contributed by atoms with Gasteiger partial charge < -0.3 is 25.7 Å². The van der Waals surface area contributed by atoms with Gasteiger partial charge >= 0.3 is 0 Å². The van der Waals surface area contributed by atoms with Gasteiger partial charge in [0.15, 0.2) is 0 Å². The number of anilines is 3. The number of sulfonamides is 1. The van der Waals surface area contributed by atoms with Gasteiger partial charge in [-0.1, -0.05) is 6.07 Å². The van der Waals surface area contributed by atoms with Gasteiger partial charge in [-0.3, -0.25) is 10.2 Å². The first-order valence-corrected chi connectivity index (χ1v) is 13.3. The number of rotatable bonds is 7. The summed E-state index contributed by atoms with van der Waals surface area (Å²) >= 11 is 0.977. The summed E-state index contributed by atoms with van der Waals surface area (Å²) in [5.74, 6) is -0.648. The Morgan fingerprint density at radius 1 is 1.33 bits per heavy atom. The molecule has 0 bridgehead atoms. The van der Waals surface area contributed by atoms with Crippen LogP contribution in [0.2, 0.25) is 0 Å². The number of amidine groups is 1. The van der Waals surface area contributed by atoms with E-state index in [-0.39, 0.29) is 40.7 Å². The van der Waals surface area contributed by atoms with Crippen LogP contribution in [0.1, 0.15) is 34.0 Å². The first kappa shape index (κ1) is 25.6. The third-order valence-electron chi connectivity index (χ3n) is 5.84. The molecule has 0 fully saturated rings. The number of amides is 1. The lowest BCUT2D eigenvalue weighted by Gasteiger charge is -2.19. The van der Waals surface area contributed by atoms with Crippen molar-refractivity contribution in [1.29, 1.82) is 5.41 Å². The molecular formula is C23H26N6O5S2. The molecular weight excluding hydrogens is 504 g/mol. The van der Waals surface area contributed by atoms with Crippen LogP contribution in [0.4, 0.5) is 16.4 Å². The average Bonchev–Trinajstić information content (AvgIpc) is 3.41. The minimum absolute atomic E-state index is 0.0311. The minimum atomic E-state index is -3.90. The van der Waals surface area contributed by atoms with Gasteiger partial charge in [-0.2, -0.15) is 4.37 Å². The van der Waals surface area contributed by atoms with Crippen molar-refractivity contribution < 1.29 is 23.4 Å². The van der Waals surface area contributed by atoms with E-state index in [1.54, 1.807) is 49.1 Å². The molecule has 0 saturated carbocycles. The zero-order valence-electron chi connectivity index (χ0n) is 19.6. The van der Waals surface area contributed by atoms with E-state index < -0.39 is 10.0 Å². The van der Waals surface area contributed by atoms with Gasteiger partial charge in [-0.05, 0) is 73.3 Å².